The quantitative estimate of drug-likeness (QED) is 0.331. The van der Waals surface area contributed by atoms with Crippen LogP contribution in [-0.2, 0) is 9.59 Å². The number of hydrogen-bond acceptors (Lipinski definition) is 6. The number of carbonyl (C=O) groups is 2. The SMILES string of the molecule is COc1ccc2c(c1)N(C)CN(CCCCN1CC=C(c3ccccc3)CC1)C2C(=O)C=O. The molecule has 0 fully saturated rings. The number of methoxy groups -OCH3 is 1. The van der Waals surface area contributed by atoms with E-state index >= 15 is 0 Å². The minimum Gasteiger partial charge on any atom is -0.497 e. The molecule has 6 heteroatoms. The molecular formula is C27H33N3O3. The first-order valence-corrected chi connectivity index (χ1v) is 11.7. The zero-order valence-electron chi connectivity index (χ0n) is 19.6. The van der Waals surface area contributed by atoms with E-state index in [1.165, 1.54) is 11.1 Å². The average molecular weight is 448 g/mol. The fourth-order valence-corrected chi connectivity index (χ4v) is 4.92. The van der Waals surface area contributed by atoms with Gasteiger partial charge in [0.05, 0.1) is 13.8 Å². The molecule has 0 aliphatic carbocycles. The normalized spacial score (nSPS) is 19.0. The summed E-state index contributed by atoms with van der Waals surface area (Å²) in [6.45, 7) is 4.49. The molecule has 2 aliphatic heterocycles. The Morgan fingerprint density at radius 3 is 2.61 bits per heavy atom. The Hall–Kier alpha value is -2.96. The van der Waals surface area contributed by atoms with Gasteiger partial charge < -0.3 is 9.64 Å². The topological polar surface area (TPSA) is 53.1 Å². The van der Waals surface area contributed by atoms with Gasteiger partial charge in [0.25, 0.3) is 0 Å². The minimum atomic E-state index is -0.522. The van der Waals surface area contributed by atoms with E-state index in [2.05, 4.69) is 51.1 Å². The van der Waals surface area contributed by atoms with Crippen LogP contribution in [-0.4, -0.2) is 68.9 Å². The molecule has 4 rings (SSSR count). The molecule has 33 heavy (non-hydrogen) atoms. The van der Waals surface area contributed by atoms with Crippen molar-refractivity contribution in [3.05, 3.63) is 65.7 Å². The molecule has 1 unspecified atom stereocenters. The number of benzene rings is 2. The lowest BCUT2D eigenvalue weighted by Gasteiger charge is -2.41. The molecule has 2 aromatic carbocycles. The van der Waals surface area contributed by atoms with E-state index in [1.54, 1.807) is 7.11 Å². The van der Waals surface area contributed by atoms with Crippen LogP contribution in [0.5, 0.6) is 5.75 Å². The van der Waals surface area contributed by atoms with Gasteiger partial charge in [-0.3, -0.25) is 19.4 Å². The molecule has 0 radical (unpaired) electrons. The van der Waals surface area contributed by atoms with E-state index in [9.17, 15) is 9.59 Å². The highest BCUT2D eigenvalue weighted by atomic mass is 16.5. The van der Waals surface area contributed by atoms with Gasteiger partial charge in [-0.15, -0.1) is 0 Å². The van der Waals surface area contributed by atoms with Crippen molar-refractivity contribution >= 4 is 23.3 Å². The summed E-state index contributed by atoms with van der Waals surface area (Å²) in [5.41, 5.74) is 4.58. The Bertz CT molecular complexity index is 1000. The average Bonchev–Trinajstić information content (AvgIpc) is 2.87. The van der Waals surface area contributed by atoms with Gasteiger partial charge in [0.2, 0.25) is 5.78 Å². The van der Waals surface area contributed by atoms with Gasteiger partial charge in [-0.25, -0.2) is 0 Å². The van der Waals surface area contributed by atoms with Crippen LogP contribution in [0.2, 0.25) is 0 Å². The summed E-state index contributed by atoms with van der Waals surface area (Å²) in [5.74, 6) is 0.362. The molecular weight excluding hydrogens is 414 g/mol. The highest BCUT2D eigenvalue weighted by Gasteiger charge is 2.34. The second-order valence-corrected chi connectivity index (χ2v) is 8.85. The number of anilines is 1. The fraction of sp³-hybridized carbons (Fsp3) is 0.407. The van der Waals surface area contributed by atoms with Crippen molar-refractivity contribution < 1.29 is 14.3 Å². The maximum Gasteiger partial charge on any atom is 0.216 e. The molecule has 1 atom stereocenters. The van der Waals surface area contributed by atoms with Crippen molar-refractivity contribution in [2.45, 2.75) is 25.3 Å². The molecule has 0 saturated carbocycles. The number of aldehydes is 1. The minimum absolute atomic E-state index is 0.385. The molecule has 0 aromatic heterocycles. The number of hydrogen-bond donors (Lipinski definition) is 0. The van der Waals surface area contributed by atoms with Crippen LogP contribution in [0.1, 0.15) is 36.4 Å². The Labute approximate surface area is 196 Å². The monoisotopic (exact) mass is 447 g/mol. The van der Waals surface area contributed by atoms with E-state index in [1.807, 2.05) is 25.2 Å². The lowest BCUT2D eigenvalue weighted by atomic mass is 9.96. The summed E-state index contributed by atoms with van der Waals surface area (Å²) in [7, 11) is 3.64. The molecule has 0 saturated heterocycles. The summed E-state index contributed by atoms with van der Waals surface area (Å²) >= 11 is 0. The smallest absolute Gasteiger partial charge is 0.216 e. The van der Waals surface area contributed by atoms with Crippen molar-refractivity contribution in [3.8, 4) is 5.75 Å². The van der Waals surface area contributed by atoms with Crippen LogP contribution < -0.4 is 9.64 Å². The Balaban J connectivity index is 1.32. The summed E-state index contributed by atoms with van der Waals surface area (Å²) in [4.78, 5) is 30.7. The van der Waals surface area contributed by atoms with Crippen molar-refractivity contribution in [1.29, 1.82) is 0 Å². The number of nitrogens with zero attached hydrogens (tertiary/aromatic N) is 3. The van der Waals surface area contributed by atoms with Crippen LogP contribution >= 0.6 is 0 Å². The summed E-state index contributed by atoms with van der Waals surface area (Å²) < 4.78 is 5.34. The van der Waals surface area contributed by atoms with Crippen LogP contribution in [0.3, 0.4) is 0 Å². The van der Waals surface area contributed by atoms with Gasteiger partial charge in [-0.05, 0) is 43.0 Å². The number of rotatable bonds is 9. The van der Waals surface area contributed by atoms with E-state index in [-0.39, 0.29) is 5.78 Å². The van der Waals surface area contributed by atoms with Gasteiger partial charge in [-0.1, -0.05) is 42.5 Å². The summed E-state index contributed by atoms with van der Waals surface area (Å²) in [6, 6.07) is 15.8. The highest BCUT2D eigenvalue weighted by molar-refractivity contribution is 6.27. The van der Waals surface area contributed by atoms with Gasteiger partial charge in [0.1, 0.15) is 11.8 Å². The molecule has 0 spiro atoms. The molecule has 2 heterocycles. The zero-order chi connectivity index (χ0) is 23.2. The van der Waals surface area contributed by atoms with Crippen molar-refractivity contribution in [2.24, 2.45) is 0 Å². The van der Waals surface area contributed by atoms with E-state index in [0.29, 0.717) is 13.0 Å². The standard InChI is InChI=1S/C27H33N3O3/c1-28-20-30(27(26(32)19-31)24-11-10-23(33-2)18-25(24)28)15-7-6-14-29-16-12-22(13-17-29)21-8-4-3-5-9-21/h3-5,8-12,18-19,27H,6-7,13-17,20H2,1-2H3. The molecule has 0 amide bonds. The maximum atomic E-state index is 12.6. The van der Waals surface area contributed by atoms with Gasteiger partial charge >= 0.3 is 0 Å². The third-order valence-corrected chi connectivity index (χ3v) is 6.70. The van der Waals surface area contributed by atoms with E-state index in [0.717, 1.165) is 62.4 Å². The van der Waals surface area contributed by atoms with Gasteiger partial charge in [0.15, 0.2) is 6.29 Å². The number of ketones is 1. The van der Waals surface area contributed by atoms with Gasteiger partial charge in [-0.2, -0.15) is 0 Å². The Kier molecular flexibility index (Phi) is 7.57. The predicted molar refractivity (Wildman–Crippen MR) is 131 cm³/mol. The lowest BCUT2D eigenvalue weighted by molar-refractivity contribution is -0.134. The highest BCUT2D eigenvalue weighted by Crippen LogP contribution is 2.37. The van der Waals surface area contributed by atoms with E-state index < -0.39 is 6.04 Å². The largest absolute Gasteiger partial charge is 0.497 e. The van der Waals surface area contributed by atoms with Crippen molar-refractivity contribution in [3.63, 3.8) is 0 Å². The third kappa shape index (κ3) is 5.34. The third-order valence-electron chi connectivity index (χ3n) is 6.70. The van der Waals surface area contributed by atoms with Gasteiger partial charge in [0, 0.05) is 44.0 Å². The van der Waals surface area contributed by atoms with Crippen molar-refractivity contribution in [1.82, 2.24) is 9.80 Å². The first-order chi connectivity index (χ1) is 16.1. The van der Waals surface area contributed by atoms with Crippen molar-refractivity contribution in [2.75, 3.05) is 51.9 Å². The zero-order valence-corrected chi connectivity index (χ0v) is 19.6. The molecule has 0 N–H and O–H groups in total. The Morgan fingerprint density at radius 2 is 1.91 bits per heavy atom. The number of ether oxygens (including phenoxy) is 1. The second kappa shape index (κ2) is 10.8. The lowest BCUT2D eigenvalue weighted by Crippen LogP contribution is -2.46. The Morgan fingerprint density at radius 1 is 1.12 bits per heavy atom. The molecule has 174 valence electrons. The number of carbonyl (C=O) groups excluding carboxylic acids is 2. The molecule has 0 bridgehead atoms. The summed E-state index contributed by atoms with van der Waals surface area (Å²) in [5, 5.41) is 0. The predicted octanol–water partition coefficient (Wildman–Crippen LogP) is 3.78. The number of Topliss-reactive ketones (excluding diaryl/α,β-unsaturated/α-hetero) is 1. The number of fused-ring (bicyclic) bond motifs is 1. The summed E-state index contributed by atoms with van der Waals surface area (Å²) in [6.07, 6.45) is 5.93. The maximum absolute atomic E-state index is 12.6. The fourth-order valence-electron chi connectivity index (χ4n) is 4.92. The first-order valence-electron chi connectivity index (χ1n) is 11.7. The molecule has 2 aromatic rings. The first kappa shape index (κ1) is 23.2. The molecule has 6 nitrogen and oxygen atoms in total. The number of unbranched alkanes of at least 4 members (excludes halogenated alkanes) is 1. The second-order valence-electron chi connectivity index (χ2n) is 8.85. The molecule has 2 aliphatic rings. The van der Waals surface area contributed by atoms with E-state index in [4.69, 9.17) is 4.74 Å². The van der Waals surface area contributed by atoms with Crippen LogP contribution in [0, 0.1) is 0 Å². The van der Waals surface area contributed by atoms with Crippen LogP contribution in [0.25, 0.3) is 5.57 Å². The van der Waals surface area contributed by atoms with Crippen LogP contribution in [0.15, 0.2) is 54.6 Å². The van der Waals surface area contributed by atoms with Crippen LogP contribution in [0.4, 0.5) is 5.69 Å².